The van der Waals surface area contributed by atoms with Crippen molar-refractivity contribution in [3.8, 4) is 5.75 Å². The van der Waals surface area contributed by atoms with Gasteiger partial charge in [0.2, 0.25) is 5.91 Å². The Hall–Kier alpha value is -5.25. The molecule has 48 heavy (non-hydrogen) atoms. The molecule has 3 aliphatic rings. The fourth-order valence-corrected chi connectivity index (χ4v) is 7.75. The maximum absolute atomic E-state index is 13.7. The molecule has 0 unspecified atom stereocenters. The zero-order chi connectivity index (χ0) is 34.2. The molecule has 7 rings (SSSR count). The number of rotatable bonds is 5. The molecule has 16 heteroatoms. The molecule has 15 nitrogen and oxygen atoms in total. The Morgan fingerprint density at radius 1 is 1.06 bits per heavy atom. The number of amides is 2. The van der Waals surface area contributed by atoms with Crippen LogP contribution in [0, 0.1) is 0 Å². The van der Waals surface area contributed by atoms with Crippen LogP contribution < -0.4 is 19.9 Å². The second kappa shape index (κ2) is 10.9. The Kier molecular flexibility index (Phi) is 7.12. The minimum atomic E-state index is -3.08. The summed E-state index contributed by atoms with van der Waals surface area (Å²) in [6, 6.07) is 12.0. The Morgan fingerprint density at radius 2 is 1.81 bits per heavy atom. The van der Waals surface area contributed by atoms with Gasteiger partial charge in [0.05, 0.1) is 35.2 Å². The van der Waals surface area contributed by atoms with E-state index in [-0.39, 0.29) is 17.4 Å². The van der Waals surface area contributed by atoms with Crippen LogP contribution in [0.15, 0.2) is 48.8 Å². The first-order valence-electron chi connectivity index (χ1n) is 15.3. The number of aromatic nitrogens is 4. The highest BCUT2D eigenvalue weighted by molar-refractivity contribution is 7.91. The number of carbonyl (C=O) groups excluding carboxylic acids is 2. The fourth-order valence-electron chi connectivity index (χ4n) is 6.54. The first-order valence-corrected chi connectivity index (χ1v) is 17.1. The summed E-state index contributed by atoms with van der Waals surface area (Å²) in [5, 5.41) is 18.2. The summed E-state index contributed by atoms with van der Waals surface area (Å²) < 4.78 is 36.0. The predicted octanol–water partition coefficient (Wildman–Crippen LogP) is 4.05. The van der Waals surface area contributed by atoms with Gasteiger partial charge in [-0.1, -0.05) is 6.07 Å². The Labute approximate surface area is 275 Å². The van der Waals surface area contributed by atoms with E-state index in [4.69, 9.17) is 9.47 Å². The Bertz CT molecular complexity index is 2110. The third kappa shape index (κ3) is 5.25. The number of methoxy groups -OCH3 is 1. The van der Waals surface area contributed by atoms with E-state index in [0.717, 1.165) is 15.1 Å². The van der Waals surface area contributed by atoms with Crippen molar-refractivity contribution in [3.05, 3.63) is 59.9 Å². The standard InChI is InChI=1S/C32H33N7O8S/c1-31(2,3)47-30(43)39-24-13-18(22-16-32(22)21-14-19(46-4)6-8-23(21)38(28(32)40)29(41)42)5-7-20(24)27(36-39)35-25-15-26(34-17-33-25)37-9-11-48(44,45)12-10-37/h5-8,13-15,17,22H,9-12,16H2,1-4H3,(H,41,42)(H,33,34,35,36)/t22-,32-/m0/s1. The van der Waals surface area contributed by atoms with E-state index >= 15 is 0 Å². The number of carboxylic acid groups (broad SMARTS) is 1. The van der Waals surface area contributed by atoms with Crippen LogP contribution in [0.25, 0.3) is 10.9 Å². The maximum Gasteiger partial charge on any atom is 0.435 e. The van der Waals surface area contributed by atoms with Crippen LogP contribution in [-0.4, -0.2) is 88.7 Å². The summed E-state index contributed by atoms with van der Waals surface area (Å²) in [4.78, 5) is 50.6. The molecule has 0 radical (unpaired) electrons. The van der Waals surface area contributed by atoms with Crippen LogP contribution in [0.3, 0.4) is 0 Å². The van der Waals surface area contributed by atoms with Crippen LogP contribution >= 0.6 is 0 Å². The molecule has 2 fully saturated rings. The number of anilines is 4. The lowest BCUT2D eigenvalue weighted by Gasteiger charge is -2.27. The average Bonchev–Trinajstić information content (AvgIpc) is 3.62. The van der Waals surface area contributed by atoms with E-state index in [1.807, 2.05) is 11.0 Å². The van der Waals surface area contributed by atoms with Gasteiger partial charge in [0.1, 0.15) is 29.3 Å². The second-order valence-corrected chi connectivity index (χ2v) is 15.4. The molecule has 2 atom stereocenters. The molecule has 2 amide bonds. The first kappa shape index (κ1) is 31.4. The highest BCUT2D eigenvalue weighted by Gasteiger charge is 2.68. The summed E-state index contributed by atoms with van der Waals surface area (Å²) in [5.41, 5.74) is 0.0968. The van der Waals surface area contributed by atoms with Crippen LogP contribution in [0.1, 0.15) is 44.2 Å². The van der Waals surface area contributed by atoms with Gasteiger partial charge in [0, 0.05) is 30.5 Å². The fraction of sp³-hybridized carbons (Fsp3) is 0.375. The summed E-state index contributed by atoms with van der Waals surface area (Å²) in [5.74, 6) is 0.911. The number of ether oxygens (including phenoxy) is 2. The van der Waals surface area contributed by atoms with Crippen molar-refractivity contribution in [2.45, 2.75) is 44.1 Å². The van der Waals surface area contributed by atoms with Crippen molar-refractivity contribution in [2.24, 2.45) is 0 Å². The van der Waals surface area contributed by atoms with E-state index in [1.165, 1.54) is 13.4 Å². The molecule has 2 aliphatic heterocycles. The van der Waals surface area contributed by atoms with Gasteiger partial charge < -0.3 is 24.8 Å². The predicted molar refractivity (Wildman–Crippen MR) is 175 cm³/mol. The van der Waals surface area contributed by atoms with Crippen molar-refractivity contribution in [3.63, 3.8) is 0 Å². The number of hydrogen-bond donors (Lipinski definition) is 2. The van der Waals surface area contributed by atoms with Gasteiger partial charge in [-0.15, -0.1) is 5.10 Å². The Balaban J connectivity index is 1.26. The van der Waals surface area contributed by atoms with Crippen LogP contribution in [0.5, 0.6) is 5.75 Å². The van der Waals surface area contributed by atoms with Gasteiger partial charge in [0.25, 0.3) is 0 Å². The highest BCUT2D eigenvalue weighted by atomic mass is 32.2. The largest absolute Gasteiger partial charge is 0.497 e. The molecule has 4 heterocycles. The number of carbonyl (C=O) groups is 3. The minimum Gasteiger partial charge on any atom is -0.497 e. The van der Waals surface area contributed by atoms with Gasteiger partial charge >= 0.3 is 12.2 Å². The third-order valence-electron chi connectivity index (χ3n) is 8.90. The number of nitrogens with zero attached hydrogens (tertiary/aromatic N) is 6. The van der Waals surface area contributed by atoms with E-state index in [2.05, 4.69) is 20.4 Å². The lowest BCUT2D eigenvalue weighted by molar-refractivity contribution is -0.119. The van der Waals surface area contributed by atoms with Crippen molar-refractivity contribution in [1.82, 2.24) is 19.7 Å². The first-order chi connectivity index (χ1) is 22.7. The van der Waals surface area contributed by atoms with Crippen molar-refractivity contribution >= 4 is 62.0 Å². The van der Waals surface area contributed by atoms with Crippen molar-refractivity contribution in [1.29, 1.82) is 0 Å². The molecule has 4 aromatic rings. The average molecular weight is 676 g/mol. The smallest absolute Gasteiger partial charge is 0.435 e. The molecule has 1 spiro atoms. The van der Waals surface area contributed by atoms with Gasteiger partial charge in [-0.3, -0.25) is 4.79 Å². The topological polar surface area (TPSA) is 186 Å². The summed E-state index contributed by atoms with van der Waals surface area (Å²) >= 11 is 0. The van der Waals surface area contributed by atoms with Crippen LogP contribution in [0.2, 0.25) is 0 Å². The van der Waals surface area contributed by atoms with E-state index in [1.54, 1.807) is 57.2 Å². The summed E-state index contributed by atoms with van der Waals surface area (Å²) in [6.07, 6.45) is -0.342. The minimum absolute atomic E-state index is 0.0361. The van der Waals surface area contributed by atoms with Gasteiger partial charge in [-0.25, -0.2) is 32.9 Å². The van der Waals surface area contributed by atoms with E-state index in [9.17, 15) is 27.9 Å². The molecule has 1 aliphatic carbocycles. The lowest BCUT2D eigenvalue weighted by atomic mass is 9.91. The normalized spacial score (nSPS) is 21.3. The number of benzene rings is 2. The zero-order valence-corrected chi connectivity index (χ0v) is 27.4. The number of imide groups is 1. The van der Waals surface area contributed by atoms with Crippen LogP contribution in [0.4, 0.5) is 32.7 Å². The maximum atomic E-state index is 13.7. The quantitative estimate of drug-likeness (QED) is 0.309. The van der Waals surface area contributed by atoms with Gasteiger partial charge in [-0.2, -0.15) is 4.68 Å². The Morgan fingerprint density at radius 3 is 2.50 bits per heavy atom. The summed E-state index contributed by atoms with van der Waals surface area (Å²) in [7, 11) is -1.57. The molecule has 0 bridgehead atoms. The molecule has 2 aromatic carbocycles. The van der Waals surface area contributed by atoms with Gasteiger partial charge in [0.15, 0.2) is 15.7 Å². The lowest BCUT2D eigenvalue weighted by Crippen LogP contribution is -2.40. The molecule has 2 N–H and O–H groups in total. The SMILES string of the molecule is COc1ccc2c(c1)[C@]1(C[C@H]1c1ccc3c(Nc4cc(N5CCS(=O)(=O)CC5)ncn4)nn(C(=O)OC(C)(C)C)c3c1)C(=O)N2C(=O)O. The number of sulfone groups is 1. The monoisotopic (exact) mass is 675 g/mol. The van der Waals surface area contributed by atoms with Crippen molar-refractivity contribution < 1.29 is 37.4 Å². The van der Waals surface area contributed by atoms with Gasteiger partial charge in [-0.05, 0) is 68.7 Å². The van der Waals surface area contributed by atoms with E-state index < -0.39 is 38.9 Å². The molecule has 2 aromatic heterocycles. The molecule has 1 saturated heterocycles. The van der Waals surface area contributed by atoms with Crippen LogP contribution in [-0.2, 0) is 24.8 Å². The molecule has 1 saturated carbocycles. The van der Waals surface area contributed by atoms with Crippen molar-refractivity contribution in [2.75, 3.05) is 46.8 Å². The summed E-state index contributed by atoms with van der Waals surface area (Å²) in [6.45, 7) is 5.86. The second-order valence-electron chi connectivity index (χ2n) is 13.1. The highest BCUT2D eigenvalue weighted by Crippen LogP contribution is 2.67. The zero-order valence-electron chi connectivity index (χ0n) is 26.6. The number of nitrogens with one attached hydrogen (secondary N) is 1. The molecule has 250 valence electrons. The number of fused-ring (bicyclic) bond motifs is 3. The molecular formula is C32H33N7O8S. The number of hydrogen-bond acceptors (Lipinski definition) is 12. The van der Waals surface area contributed by atoms with E-state index in [0.29, 0.717) is 64.9 Å². The molecular weight excluding hydrogens is 642 g/mol. The third-order valence-corrected chi connectivity index (χ3v) is 10.5.